The van der Waals surface area contributed by atoms with E-state index in [1.807, 2.05) is 37.3 Å². The molecule has 0 radical (unpaired) electrons. The lowest BCUT2D eigenvalue weighted by Crippen LogP contribution is -2.13. The monoisotopic (exact) mass is 390 g/mol. The van der Waals surface area contributed by atoms with Crippen molar-refractivity contribution < 1.29 is 14.3 Å². The van der Waals surface area contributed by atoms with Gasteiger partial charge in [0, 0.05) is 30.1 Å². The van der Waals surface area contributed by atoms with E-state index in [4.69, 9.17) is 4.74 Å². The number of benzene rings is 2. The predicted octanol–water partition coefficient (Wildman–Crippen LogP) is 4.35. The van der Waals surface area contributed by atoms with Gasteiger partial charge in [-0.3, -0.25) is 9.59 Å². The molecule has 0 atom stereocenters. The number of nitrogens with zero attached hydrogens (tertiary/aromatic N) is 1. The highest BCUT2D eigenvalue weighted by atomic mass is 16.5. The number of carbonyl (C=O) groups is 2. The molecule has 1 heterocycles. The largest absolute Gasteiger partial charge is 0.495 e. The minimum absolute atomic E-state index is 0.148. The molecule has 0 aliphatic carbocycles. The van der Waals surface area contributed by atoms with Gasteiger partial charge in [0.1, 0.15) is 11.6 Å². The van der Waals surface area contributed by atoms with Crippen molar-refractivity contribution in [2.24, 2.45) is 0 Å². The lowest BCUT2D eigenvalue weighted by molar-refractivity contribution is -0.114. The normalized spacial score (nSPS) is 10.2. The molecule has 1 aromatic heterocycles. The average Bonchev–Trinajstić information content (AvgIpc) is 2.68. The van der Waals surface area contributed by atoms with Crippen LogP contribution in [0.2, 0.25) is 0 Å². The summed E-state index contributed by atoms with van der Waals surface area (Å²) in [5.74, 6) is 0.678. The van der Waals surface area contributed by atoms with Crippen LogP contribution in [0.4, 0.5) is 22.9 Å². The van der Waals surface area contributed by atoms with Gasteiger partial charge >= 0.3 is 0 Å². The molecule has 7 heteroatoms. The van der Waals surface area contributed by atoms with Crippen LogP contribution >= 0.6 is 0 Å². The molecule has 0 saturated heterocycles. The third kappa shape index (κ3) is 5.32. The number of nitrogens with one attached hydrogen (secondary N) is 3. The molecule has 0 aliphatic heterocycles. The smallest absolute Gasteiger partial charge is 0.255 e. The van der Waals surface area contributed by atoms with E-state index in [1.54, 1.807) is 37.6 Å². The zero-order valence-electron chi connectivity index (χ0n) is 16.4. The topological polar surface area (TPSA) is 92.3 Å². The maximum atomic E-state index is 12.7. The number of pyridine rings is 1. The van der Waals surface area contributed by atoms with Gasteiger partial charge in [-0.2, -0.15) is 0 Å². The van der Waals surface area contributed by atoms with Crippen LogP contribution in [0.25, 0.3) is 0 Å². The highest BCUT2D eigenvalue weighted by molar-refractivity contribution is 6.05. The molecular formula is C22H22N4O3. The van der Waals surface area contributed by atoms with Gasteiger partial charge in [0.25, 0.3) is 5.91 Å². The number of carbonyl (C=O) groups excluding carboxylic acids is 2. The summed E-state index contributed by atoms with van der Waals surface area (Å²) in [7, 11) is 1.56. The van der Waals surface area contributed by atoms with Gasteiger partial charge in [0.2, 0.25) is 5.91 Å². The highest BCUT2D eigenvalue weighted by Gasteiger charge is 2.11. The molecule has 0 fully saturated rings. The number of hydrogen-bond acceptors (Lipinski definition) is 5. The average molecular weight is 390 g/mol. The maximum absolute atomic E-state index is 12.7. The van der Waals surface area contributed by atoms with E-state index in [1.165, 1.54) is 6.92 Å². The number of amides is 2. The Morgan fingerprint density at radius 2 is 1.76 bits per heavy atom. The van der Waals surface area contributed by atoms with Crippen molar-refractivity contribution in [3.05, 3.63) is 71.9 Å². The molecule has 29 heavy (non-hydrogen) atoms. The van der Waals surface area contributed by atoms with Crippen molar-refractivity contribution >= 4 is 34.7 Å². The molecule has 0 saturated carbocycles. The zero-order chi connectivity index (χ0) is 20.8. The minimum atomic E-state index is -0.272. The molecule has 3 aromatic rings. The third-order valence-electron chi connectivity index (χ3n) is 4.08. The Balaban J connectivity index is 1.77. The van der Waals surface area contributed by atoms with Crippen LogP contribution in [0.5, 0.6) is 5.75 Å². The predicted molar refractivity (Wildman–Crippen MR) is 114 cm³/mol. The first-order valence-electron chi connectivity index (χ1n) is 9.01. The van der Waals surface area contributed by atoms with Crippen molar-refractivity contribution in [1.82, 2.24) is 4.98 Å². The number of aryl methyl sites for hydroxylation is 1. The fourth-order valence-electron chi connectivity index (χ4n) is 2.78. The van der Waals surface area contributed by atoms with Gasteiger partial charge < -0.3 is 20.7 Å². The van der Waals surface area contributed by atoms with E-state index in [-0.39, 0.29) is 11.8 Å². The summed E-state index contributed by atoms with van der Waals surface area (Å²) in [6, 6.07) is 16.1. The zero-order valence-corrected chi connectivity index (χ0v) is 16.4. The Morgan fingerprint density at radius 1 is 0.966 bits per heavy atom. The second-order valence-corrected chi connectivity index (χ2v) is 6.47. The van der Waals surface area contributed by atoms with E-state index >= 15 is 0 Å². The summed E-state index contributed by atoms with van der Waals surface area (Å²) in [6.45, 7) is 3.39. The van der Waals surface area contributed by atoms with Crippen LogP contribution in [0.3, 0.4) is 0 Å². The van der Waals surface area contributed by atoms with Gasteiger partial charge in [-0.05, 0) is 55.0 Å². The first-order valence-corrected chi connectivity index (χ1v) is 9.01. The van der Waals surface area contributed by atoms with Gasteiger partial charge in [0.15, 0.2) is 0 Å². The number of ether oxygens (including phenoxy) is 1. The number of anilines is 4. The van der Waals surface area contributed by atoms with E-state index in [9.17, 15) is 9.59 Å². The summed E-state index contributed by atoms with van der Waals surface area (Å²) < 4.78 is 5.31. The number of hydrogen-bond donors (Lipinski definition) is 3. The van der Waals surface area contributed by atoms with E-state index in [0.29, 0.717) is 28.5 Å². The first kappa shape index (κ1) is 19.9. The molecule has 0 unspecified atom stereocenters. The lowest BCUT2D eigenvalue weighted by Gasteiger charge is -2.12. The van der Waals surface area contributed by atoms with Crippen molar-refractivity contribution in [3.8, 4) is 5.75 Å². The van der Waals surface area contributed by atoms with Crippen molar-refractivity contribution in [2.75, 3.05) is 23.1 Å². The highest BCUT2D eigenvalue weighted by Crippen LogP contribution is 2.26. The molecule has 0 aliphatic rings. The summed E-state index contributed by atoms with van der Waals surface area (Å²) in [6.07, 6.45) is 1.56. The van der Waals surface area contributed by atoms with Crippen LogP contribution in [-0.2, 0) is 4.79 Å². The lowest BCUT2D eigenvalue weighted by atomic mass is 10.2. The molecule has 148 valence electrons. The third-order valence-corrected chi connectivity index (χ3v) is 4.08. The van der Waals surface area contributed by atoms with Crippen molar-refractivity contribution in [3.63, 3.8) is 0 Å². The van der Waals surface area contributed by atoms with E-state index in [0.717, 1.165) is 11.3 Å². The molecule has 2 aromatic carbocycles. The van der Waals surface area contributed by atoms with E-state index < -0.39 is 0 Å². The summed E-state index contributed by atoms with van der Waals surface area (Å²) >= 11 is 0. The summed E-state index contributed by atoms with van der Waals surface area (Å²) in [5, 5.41) is 8.74. The standard InChI is InChI=1S/C22H22N4O3/c1-14-7-8-20(29-3)19(11-14)26-22(28)16-9-10-23-21(12-16)25-18-6-4-5-17(13-18)24-15(2)27/h4-13H,1-3H3,(H,23,25)(H,24,27)(H,26,28). The molecule has 2 amide bonds. The van der Waals surface area contributed by atoms with E-state index in [2.05, 4.69) is 20.9 Å². The number of aromatic nitrogens is 1. The molecule has 0 spiro atoms. The van der Waals surface area contributed by atoms with Crippen LogP contribution in [0.1, 0.15) is 22.8 Å². The van der Waals surface area contributed by atoms with Gasteiger partial charge in [0.05, 0.1) is 12.8 Å². The fraction of sp³-hybridized carbons (Fsp3) is 0.136. The number of rotatable bonds is 6. The maximum Gasteiger partial charge on any atom is 0.255 e. The van der Waals surface area contributed by atoms with Crippen LogP contribution in [0.15, 0.2) is 60.8 Å². The molecule has 3 N–H and O–H groups in total. The van der Waals surface area contributed by atoms with Crippen molar-refractivity contribution in [2.45, 2.75) is 13.8 Å². The van der Waals surface area contributed by atoms with Gasteiger partial charge in [-0.1, -0.05) is 12.1 Å². The number of methoxy groups -OCH3 is 1. The van der Waals surface area contributed by atoms with Gasteiger partial charge in [-0.15, -0.1) is 0 Å². The van der Waals surface area contributed by atoms with Crippen molar-refractivity contribution in [1.29, 1.82) is 0 Å². The summed E-state index contributed by atoms with van der Waals surface area (Å²) in [5.41, 5.74) is 3.47. The Labute approximate surface area is 169 Å². The second-order valence-electron chi connectivity index (χ2n) is 6.47. The fourth-order valence-corrected chi connectivity index (χ4v) is 2.78. The quantitative estimate of drug-likeness (QED) is 0.582. The Hall–Kier alpha value is -3.87. The Bertz CT molecular complexity index is 1050. The van der Waals surface area contributed by atoms with Gasteiger partial charge in [-0.25, -0.2) is 4.98 Å². The first-order chi connectivity index (χ1) is 13.9. The van der Waals surface area contributed by atoms with Crippen LogP contribution < -0.4 is 20.7 Å². The van der Waals surface area contributed by atoms with Crippen LogP contribution in [0, 0.1) is 6.92 Å². The Kier molecular flexibility index (Phi) is 6.09. The molecule has 7 nitrogen and oxygen atoms in total. The molecule has 0 bridgehead atoms. The van der Waals surface area contributed by atoms with Crippen LogP contribution in [-0.4, -0.2) is 23.9 Å². The SMILES string of the molecule is COc1ccc(C)cc1NC(=O)c1ccnc(Nc2cccc(NC(C)=O)c2)c1. The Morgan fingerprint density at radius 3 is 2.52 bits per heavy atom. The second kappa shape index (κ2) is 8.88. The molecule has 3 rings (SSSR count). The minimum Gasteiger partial charge on any atom is -0.495 e. The summed E-state index contributed by atoms with van der Waals surface area (Å²) in [4.78, 5) is 28.2. The molecular weight excluding hydrogens is 368 g/mol.